The van der Waals surface area contributed by atoms with E-state index in [0.29, 0.717) is 18.8 Å². The van der Waals surface area contributed by atoms with Crippen LogP contribution in [0, 0.1) is 0 Å². The maximum Gasteiger partial charge on any atom is 0.374 e. The van der Waals surface area contributed by atoms with Crippen LogP contribution in [0.25, 0.3) is 11.0 Å². The highest BCUT2D eigenvalue weighted by Crippen LogP contribution is 2.19. The molecule has 4 heteroatoms. The van der Waals surface area contributed by atoms with Gasteiger partial charge in [0, 0.05) is 5.39 Å². The first-order valence-electron chi connectivity index (χ1n) is 5.10. The second kappa shape index (κ2) is 3.64. The SMILES string of the molecule is O=C(OC[C@H]1CO1)c1cc2ccccc2o1. The Morgan fingerprint density at radius 3 is 3.00 bits per heavy atom. The van der Waals surface area contributed by atoms with Crippen LogP contribution in [0.2, 0.25) is 0 Å². The van der Waals surface area contributed by atoms with Crippen LogP contribution in [-0.2, 0) is 9.47 Å². The molecule has 0 aliphatic carbocycles. The van der Waals surface area contributed by atoms with E-state index in [-0.39, 0.29) is 11.9 Å². The number of hydrogen-bond acceptors (Lipinski definition) is 4. The molecule has 1 saturated heterocycles. The number of benzene rings is 1. The van der Waals surface area contributed by atoms with Crippen molar-refractivity contribution in [2.45, 2.75) is 6.10 Å². The summed E-state index contributed by atoms with van der Waals surface area (Å²) in [5.41, 5.74) is 0.692. The third kappa shape index (κ3) is 1.79. The quantitative estimate of drug-likeness (QED) is 0.584. The Balaban J connectivity index is 1.78. The maximum atomic E-state index is 11.6. The van der Waals surface area contributed by atoms with E-state index >= 15 is 0 Å². The predicted octanol–water partition coefficient (Wildman–Crippen LogP) is 1.99. The summed E-state index contributed by atoms with van der Waals surface area (Å²) in [6.07, 6.45) is 0.0772. The molecule has 4 nitrogen and oxygen atoms in total. The van der Waals surface area contributed by atoms with Gasteiger partial charge in [0.1, 0.15) is 18.3 Å². The van der Waals surface area contributed by atoms with Crippen molar-refractivity contribution in [3.63, 3.8) is 0 Å². The van der Waals surface area contributed by atoms with Crippen molar-refractivity contribution in [3.05, 3.63) is 36.1 Å². The molecule has 0 unspecified atom stereocenters. The molecule has 0 amide bonds. The molecule has 2 heterocycles. The number of fused-ring (bicyclic) bond motifs is 1. The zero-order valence-electron chi connectivity index (χ0n) is 8.51. The van der Waals surface area contributed by atoms with Gasteiger partial charge in [0.05, 0.1) is 6.61 Å². The summed E-state index contributed by atoms with van der Waals surface area (Å²) in [5, 5.41) is 0.900. The van der Waals surface area contributed by atoms with Crippen molar-refractivity contribution in [3.8, 4) is 0 Å². The summed E-state index contributed by atoms with van der Waals surface area (Å²) in [5.74, 6) is -0.200. The van der Waals surface area contributed by atoms with E-state index < -0.39 is 5.97 Å². The molecule has 82 valence electrons. The van der Waals surface area contributed by atoms with Crippen LogP contribution in [-0.4, -0.2) is 25.3 Å². The zero-order chi connectivity index (χ0) is 11.0. The summed E-state index contributed by atoms with van der Waals surface area (Å²) in [7, 11) is 0. The fourth-order valence-corrected chi connectivity index (χ4v) is 1.49. The van der Waals surface area contributed by atoms with Gasteiger partial charge in [0.15, 0.2) is 0 Å². The summed E-state index contributed by atoms with van der Waals surface area (Å²) in [6.45, 7) is 0.975. The van der Waals surface area contributed by atoms with E-state index in [0.717, 1.165) is 5.39 Å². The Labute approximate surface area is 91.7 Å². The largest absolute Gasteiger partial charge is 0.457 e. The van der Waals surface area contributed by atoms with Crippen molar-refractivity contribution in [1.29, 1.82) is 0 Å². The highest BCUT2D eigenvalue weighted by atomic mass is 16.6. The number of para-hydroxylation sites is 1. The average Bonchev–Trinajstić information content (AvgIpc) is 3.02. The molecule has 0 radical (unpaired) electrons. The van der Waals surface area contributed by atoms with Crippen LogP contribution in [0.1, 0.15) is 10.6 Å². The number of rotatable bonds is 3. The molecule has 1 aromatic carbocycles. The second-order valence-corrected chi connectivity index (χ2v) is 3.70. The van der Waals surface area contributed by atoms with Crippen LogP contribution in [0.4, 0.5) is 0 Å². The van der Waals surface area contributed by atoms with Gasteiger partial charge in [0.2, 0.25) is 5.76 Å². The van der Waals surface area contributed by atoms with E-state index in [1.165, 1.54) is 0 Å². The molecule has 1 aliphatic heterocycles. The standard InChI is InChI=1S/C12H10O4/c13-12(15-7-9-6-14-9)11-5-8-3-1-2-4-10(8)16-11/h1-5,9H,6-7H2/t9-/m1/s1. The van der Waals surface area contributed by atoms with Gasteiger partial charge in [-0.2, -0.15) is 0 Å². The summed E-state index contributed by atoms with van der Waals surface area (Å²) in [4.78, 5) is 11.6. The van der Waals surface area contributed by atoms with Gasteiger partial charge in [-0.05, 0) is 12.1 Å². The monoisotopic (exact) mass is 218 g/mol. The van der Waals surface area contributed by atoms with E-state index in [2.05, 4.69) is 0 Å². The smallest absolute Gasteiger partial charge is 0.374 e. The van der Waals surface area contributed by atoms with Crippen LogP contribution < -0.4 is 0 Å². The molecule has 1 aromatic heterocycles. The molecule has 3 rings (SSSR count). The molecular weight excluding hydrogens is 208 g/mol. The minimum absolute atomic E-state index is 0.0772. The Hall–Kier alpha value is -1.81. The van der Waals surface area contributed by atoms with Crippen molar-refractivity contribution in [2.75, 3.05) is 13.2 Å². The molecule has 0 spiro atoms. The first-order valence-corrected chi connectivity index (χ1v) is 5.10. The van der Waals surface area contributed by atoms with Crippen LogP contribution in [0.15, 0.2) is 34.7 Å². The Bertz CT molecular complexity index is 492. The zero-order valence-corrected chi connectivity index (χ0v) is 8.51. The molecule has 2 aromatic rings. The van der Waals surface area contributed by atoms with Crippen LogP contribution in [0.5, 0.6) is 0 Å². The fraction of sp³-hybridized carbons (Fsp3) is 0.250. The van der Waals surface area contributed by atoms with E-state index in [4.69, 9.17) is 13.9 Å². The molecule has 1 fully saturated rings. The minimum Gasteiger partial charge on any atom is -0.457 e. The first kappa shape index (κ1) is 9.42. The molecule has 16 heavy (non-hydrogen) atoms. The Morgan fingerprint density at radius 1 is 1.44 bits per heavy atom. The summed E-state index contributed by atoms with van der Waals surface area (Å²) >= 11 is 0. The topological polar surface area (TPSA) is 52.0 Å². The molecule has 1 aliphatic rings. The summed E-state index contributed by atoms with van der Waals surface area (Å²) < 4.78 is 15.3. The Kier molecular flexibility index (Phi) is 2.15. The lowest BCUT2D eigenvalue weighted by Crippen LogP contribution is -2.08. The van der Waals surface area contributed by atoms with Crippen LogP contribution in [0.3, 0.4) is 0 Å². The highest BCUT2D eigenvalue weighted by molar-refractivity contribution is 5.92. The number of carbonyl (C=O) groups excluding carboxylic acids is 1. The summed E-state index contributed by atoms with van der Waals surface area (Å²) in [6, 6.07) is 9.14. The van der Waals surface area contributed by atoms with Gasteiger partial charge in [-0.3, -0.25) is 0 Å². The van der Waals surface area contributed by atoms with Crippen molar-refractivity contribution in [2.24, 2.45) is 0 Å². The maximum absolute atomic E-state index is 11.6. The van der Waals surface area contributed by atoms with Crippen molar-refractivity contribution in [1.82, 2.24) is 0 Å². The first-order chi connectivity index (χ1) is 7.83. The predicted molar refractivity (Wildman–Crippen MR) is 56.2 cm³/mol. The van der Waals surface area contributed by atoms with Gasteiger partial charge >= 0.3 is 5.97 Å². The fourth-order valence-electron chi connectivity index (χ4n) is 1.49. The highest BCUT2D eigenvalue weighted by Gasteiger charge is 2.25. The lowest BCUT2D eigenvalue weighted by atomic mass is 10.2. The molecular formula is C12H10O4. The molecule has 0 saturated carbocycles. The second-order valence-electron chi connectivity index (χ2n) is 3.70. The number of epoxide rings is 1. The van der Waals surface area contributed by atoms with Gasteiger partial charge in [-0.15, -0.1) is 0 Å². The number of furan rings is 1. The average molecular weight is 218 g/mol. The third-order valence-corrected chi connectivity index (χ3v) is 2.43. The number of ether oxygens (including phenoxy) is 2. The van der Waals surface area contributed by atoms with E-state index in [1.54, 1.807) is 6.07 Å². The number of hydrogen-bond donors (Lipinski definition) is 0. The van der Waals surface area contributed by atoms with E-state index in [1.807, 2.05) is 24.3 Å². The molecule has 1 atom stereocenters. The van der Waals surface area contributed by atoms with Gasteiger partial charge < -0.3 is 13.9 Å². The number of carbonyl (C=O) groups is 1. The van der Waals surface area contributed by atoms with Crippen molar-refractivity contribution < 1.29 is 18.7 Å². The van der Waals surface area contributed by atoms with Gasteiger partial charge in [0.25, 0.3) is 0 Å². The normalized spacial score (nSPS) is 18.6. The minimum atomic E-state index is -0.438. The van der Waals surface area contributed by atoms with E-state index in [9.17, 15) is 4.79 Å². The molecule has 0 N–H and O–H groups in total. The lowest BCUT2D eigenvalue weighted by Gasteiger charge is -1.98. The van der Waals surface area contributed by atoms with Gasteiger partial charge in [-0.25, -0.2) is 4.79 Å². The number of esters is 1. The third-order valence-electron chi connectivity index (χ3n) is 2.43. The molecule has 0 bridgehead atoms. The van der Waals surface area contributed by atoms with Crippen LogP contribution >= 0.6 is 0 Å². The van der Waals surface area contributed by atoms with Crippen molar-refractivity contribution >= 4 is 16.9 Å². The Morgan fingerprint density at radius 2 is 2.25 bits per heavy atom. The lowest BCUT2D eigenvalue weighted by molar-refractivity contribution is 0.0443. The van der Waals surface area contributed by atoms with Gasteiger partial charge in [-0.1, -0.05) is 18.2 Å².